The lowest BCUT2D eigenvalue weighted by Gasteiger charge is -2.34. The summed E-state index contributed by atoms with van der Waals surface area (Å²) in [6, 6.07) is 18.2. The van der Waals surface area contributed by atoms with Crippen molar-refractivity contribution >= 4 is 0 Å². The highest BCUT2D eigenvalue weighted by atomic mass is 16.5. The van der Waals surface area contributed by atoms with E-state index in [1.54, 1.807) is 6.20 Å². The first kappa shape index (κ1) is 25.0. The predicted octanol–water partition coefficient (Wildman–Crippen LogP) is 4.90. The molecule has 0 radical (unpaired) electrons. The summed E-state index contributed by atoms with van der Waals surface area (Å²) in [4.78, 5) is 16.0. The molecular formula is C29H33N5O3. The van der Waals surface area contributed by atoms with Crippen LogP contribution in [0.1, 0.15) is 43.6 Å². The number of rotatable bonds is 9. The third-order valence-corrected chi connectivity index (χ3v) is 7.21. The first-order chi connectivity index (χ1) is 18.0. The molecule has 8 nitrogen and oxygen atoms in total. The molecule has 1 unspecified atom stereocenters. The molecule has 5 rings (SSSR count). The summed E-state index contributed by atoms with van der Waals surface area (Å²) >= 11 is 0. The van der Waals surface area contributed by atoms with Crippen LogP contribution in [-0.2, 0) is 23.3 Å². The number of aromatic nitrogens is 4. The zero-order valence-electron chi connectivity index (χ0n) is 21.6. The van der Waals surface area contributed by atoms with Crippen LogP contribution in [0.25, 0.3) is 11.4 Å². The Balaban J connectivity index is 1.29. The van der Waals surface area contributed by atoms with E-state index in [1.807, 2.05) is 42.6 Å². The number of nitrogens with zero attached hydrogens (tertiary/aromatic N) is 5. The van der Waals surface area contributed by atoms with E-state index in [2.05, 4.69) is 59.0 Å². The summed E-state index contributed by atoms with van der Waals surface area (Å²) < 4.78 is 16.8. The van der Waals surface area contributed by atoms with Gasteiger partial charge in [-0.3, -0.25) is 14.9 Å². The Bertz CT molecular complexity index is 1270. The Hall–Kier alpha value is -3.62. The van der Waals surface area contributed by atoms with Crippen LogP contribution in [0.3, 0.4) is 0 Å². The van der Waals surface area contributed by atoms with E-state index in [0.717, 1.165) is 49.0 Å². The summed E-state index contributed by atoms with van der Waals surface area (Å²) in [5, 5.41) is 4.18. The van der Waals surface area contributed by atoms with Crippen molar-refractivity contribution in [2.24, 2.45) is 5.92 Å². The quantitative estimate of drug-likeness (QED) is 0.321. The SMILES string of the molecule is CC(C)C(C)(c1ccc(OCc2ccccn2)cc1)c1ccc(-c2noc(CN3CCOCC3)n2)cn1. The molecule has 8 heteroatoms. The van der Waals surface area contributed by atoms with Crippen molar-refractivity contribution in [2.75, 3.05) is 26.3 Å². The van der Waals surface area contributed by atoms with Gasteiger partial charge in [0, 0.05) is 36.5 Å². The van der Waals surface area contributed by atoms with Crippen LogP contribution >= 0.6 is 0 Å². The van der Waals surface area contributed by atoms with Gasteiger partial charge in [-0.15, -0.1) is 0 Å². The lowest BCUT2D eigenvalue weighted by molar-refractivity contribution is 0.0297. The lowest BCUT2D eigenvalue weighted by atomic mass is 9.70. The number of pyridine rings is 2. The zero-order chi connectivity index (χ0) is 25.7. The van der Waals surface area contributed by atoms with Crippen LogP contribution in [0.5, 0.6) is 5.75 Å². The molecule has 0 saturated carbocycles. The minimum Gasteiger partial charge on any atom is -0.487 e. The molecule has 0 spiro atoms. The molecule has 1 aliphatic rings. The van der Waals surface area contributed by atoms with E-state index >= 15 is 0 Å². The monoisotopic (exact) mass is 499 g/mol. The summed E-state index contributed by atoms with van der Waals surface area (Å²) in [7, 11) is 0. The second kappa shape index (κ2) is 11.2. The molecule has 0 amide bonds. The number of morpholine rings is 1. The van der Waals surface area contributed by atoms with Crippen LogP contribution < -0.4 is 4.74 Å². The predicted molar refractivity (Wildman–Crippen MR) is 140 cm³/mol. The molecule has 1 atom stereocenters. The Morgan fingerprint density at radius 3 is 2.49 bits per heavy atom. The van der Waals surface area contributed by atoms with Gasteiger partial charge in [-0.2, -0.15) is 4.98 Å². The molecule has 3 aromatic heterocycles. The molecule has 192 valence electrons. The maximum Gasteiger partial charge on any atom is 0.241 e. The van der Waals surface area contributed by atoms with E-state index in [4.69, 9.17) is 19.0 Å². The average molecular weight is 500 g/mol. The van der Waals surface area contributed by atoms with Crippen molar-refractivity contribution in [3.63, 3.8) is 0 Å². The summed E-state index contributed by atoms with van der Waals surface area (Å²) in [6.07, 6.45) is 3.61. The molecule has 0 aliphatic carbocycles. The molecular weight excluding hydrogens is 466 g/mol. The molecule has 0 N–H and O–H groups in total. The molecule has 1 fully saturated rings. The molecule has 1 aliphatic heterocycles. The molecule has 4 aromatic rings. The van der Waals surface area contributed by atoms with Crippen molar-refractivity contribution in [3.05, 3.63) is 89.8 Å². The topological polar surface area (TPSA) is 86.4 Å². The first-order valence-corrected chi connectivity index (χ1v) is 12.7. The molecule has 4 heterocycles. The highest BCUT2D eigenvalue weighted by Crippen LogP contribution is 2.39. The van der Waals surface area contributed by atoms with Crippen molar-refractivity contribution in [3.8, 4) is 17.1 Å². The van der Waals surface area contributed by atoms with Gasteiger partial charge >= 0.3 is 0 Å². The third kappa shape index (κ3) is 5.70. The van der Waals surface area contributed by atoms with E-state index < -0.39 is 0 Å². The minimum absolute atomic E-state index is 0.281. The first-order valence-electron chi connectivity index (χ1n) is 12.7. The summed E-state index contributed by atoms with van der Waals surface area (Å²) in [5.74, 6) is 2.30. The number of ether oxygens (including phenoxy) is 2. The summed E-state index contributed by atoms with van der Waals surface area (Å²) in [6.45, 7) is 11.0. The van der Waals surface area contributed by atoms with Crippen LogP contribution in [0.4, 0.5) is 0 Å². The van der Waals surface area contributed by atoms with Gasteiger partial charge in [0.15, 0.2) is 0 Å². The second-order valence-corrected chi connectivity index (χ2v) is 9.82. The van der Waals surface area contributed by atoms with Crippen LogP contribution in [0.2, 0.25) is 0 Å². The highest BCUT2D eigenvalue weighted by molar-refractivity contribution is 5.53. The smallest absolute Gasteiger partial charge is 0.241 e. The molecule has 1 aromatic carbocycles. The van der Waals surface area contributed by atoms with Gasteiger partial charge in [0.2, 0.25) is 11.7 Å². The largest absolute Gasteiger partial charge is 0.487 e. The van der Waals surface area contributed by atoms with E-state index in [9.17, 15) is 0 Å². The fourth-order valence-corrected chi connectivity index (χ4v) is 4.54. The zero-order valence-corrected chi connectivity index (χ0v) is 21.6. The Kier molecular flexibility index (Phi) is 7.58. The van der Waals surface area contributed by atoms with Gasteiger partial charge in [-0.25, -0.2) is 0 Å². The van der Waals surface area contributed by atoms with E-state index in [0.29, 0.717) is 30.8 Å². The number of benzene rings is 1. The Morgan fingerprint density at radius 1 is 1.00 bits per heavy atom. The fraction of sp³-hybridized carbons (Fsp3) is 0.379. The second-order valence-electron chi connectivity index (χ2n) is 9.82. The molecule has 37 heavy (non-hydrogen) atoms. The Labute approximate surface area is 217 Å². The van der Waals surface area contributed by atoms with E-state index in [-0.39, 0.29) is 5.41 Å². The molecule has 1 saturated heterocycles. The minimum atomic E-state index is -0.281. The lowest BCUT2D eigenvalue weighted by Crippen LogP contribution is -2.35. The maximum absolute atomic E-state index is 5.93. The van der Waals surface area contributed by atoms with Gasteiger partial charge in [-0.05, 0) is 54.8 Å². The third-order valence-electron chi connectivity index (χ3n) is 7.21. The van der Waals surface area contributed by atoms with Crippen LogP contribution in [0, 0.1) is 5.92 Å². The standard InChI is InChI=1S/C29H33N5O3/c1-21(2)29(3,23-8-10-25(11-9-23)36-20-24-6-4-5-13-30-24)26-12-7-22(18-31-26)28-32-27(37-33-28)19-34-14-16-35-17-15-34/h4-13,18,21H,14-17,19-20H2,1-3H3. The van der Waals surface area contributed by atoms with Crippen molar-refractivity contribution < 1.29 is 14.0 Å². The number of hydrogen-bond acceptors (Lipinski definition) is 8. The van der Waals surface area contributed by atoms with Gasteiger partial charge in [0.1, 0.15) is 12.4 Å². The normalized spacial score (nSPS) is 16.0. The Morgan fingerprint density at radius 2 is 1.81 bits per heavy atom. The van der Waals surface area contributed by atoms with Crippen LogP contribution in [-0.4, -0.2) is 51.3 Å². The van der Waals surface area contributed by atoms with Gasteiger partial charge in [-0.1, -0.05) is 37.2 Å². The van der Waals surface area contributed by atoms with Crippen molar-refractivity contribution in [1.82, 2.24) is 25.0 Å². The summed E-state index contributed by atoms with van der Waals surface area (Å²) in [5.41, 5.74) is 3.63. The maximum atomic E-state index is 5.93. The average Bonchev–Trinajstić information content (AvgIpc) is 3.41. The van der Waals surface area contributed by atoms with E-state index in [1.165, 1.54) is 5.56 Å². The molecule has 0 bridgehead atoms. The fourth-order valence-electron chi connectivity index (χ4n) is 4.54. The van der Waals surface area contributed by atoms with Crippen molar-refractivity contribution in [1.29, 1.82) is 0 Å². The highest BCUT2D eigenvalue weighted by Gasteiger charge is 2.34. The van der Waals surface area contributed by atoms with Crippen molar-refractivity contribution in [2.45, 2.75) is 39.3 Å². The van der Waals surface area contributed by atoms with Gasteiger partial charge in [0.25, 0.3) is 0 Å². The van der Waals surface area contributed by atoms with Gasteiger partial charge in [0.05, 0.1) is 31.1 Å². The van der Waals surface area contributed by atoms with Crippen LogP contribution in [0.15, 0.2) is 71.5 Å². The van der Waals surface area contributed by atoms with Gasteiger partial charge < -0.3 is 14.0 Å². The number of hydrogen-bond donors (Lipinski definition) is 0.